The van der Waals surface area contributed by atoms with Crippen LogP contribution < -0.4 is 5.32 Å². The molecule has 3 aromatic rings. The molecule has 0 saturated carbocycles. The van der Waals surface area contributed by atoms with Gasteiger partial charge in [-0.3, -0.25) is 9.67 Å². The van der Waals surface area contributed by atoms with Crippen molar-refractivity contribution in [2.45, 2.75) is 45.0 Å². The van der Waals surface area contributed by atoms with Crippen molar-refractivity contribution in [2.24, 2.45) is 0 Å². The summed E-state index contributed by atoms with van der Waals surface area (Å²) in [4.78, 5) is 4.53. The molecule has 2 aromatic heterocycles. The summed E-state index contributed by atoms with van der Waals surface area (Å²) in [5.74, 6) is 0. The minimum absolute atomic E-state index is 0.0301. The van der Waals surface area contributed by atoms with Gasteiger partial charge in [-0.2, -0.15) is 5.10 Å². The van der Waals surface area contributed by atoms with Gasteiger partial charge in [0.15, 0.2) is 0 Å². The molecule has 1 aromatic carbocycles. The number of aromatic nitrogens is 3. The highest BCUT2D eigenvalue weighted by Crippen LogP contribution is 2.29. The van der Waals surface area contributed by atoms with Crippen molar-refractivity contribution in [1.82, 2.24) is 20.1 Å². The molecule has 2 atom stereocenters. The van der Waals surface area contributed by atoms with Gasteiger partial charge in [0.1, 0.15) is 6.10 Å². The van der Waals surface area contributed by atoms with Gasteiger partial charge in [0.25, 0.3) is 0 Å². The highest BCUT2D eigenvalue weighted by molar-refractivity contribution is 6.31. The third kappa shape index (κ3) is 3.61. The monoisotopic (exact) mass is 370 g/mol. The smallest absolute Gasteiger partial charge is 0.101 e. The Morgan fingerprint density at radius 3 is 3.15 bits per heavy atom. The molecule has 0 unspecified atom stereocenters. The van der Waals surface area contributed by atoms with Crippen molar-refractivity contribution in [2.75, 3.05) is 6.61 Å². The lowest BCUT2D eigenvalue weighted by atomic mass is 9.97. The van der Waals surface area contributed by atoms with Crippen LogP contribution >= 0.6 is 11.6 Å². The Hall–Kier alpha value is -1.95. The first kappa shape index (κ1) is 17.5. The van der Waals surface area contributed by atoms with E-state index in [1.807, 2.05) is 41.3 Å². The lowest BCUT2D eigenvalue weighted by Gasteiger charge is -2.32. The van der Waals surface area contributed by atoms with Crippen LogP contribution in [0.1, 0.15) is 37.0 Å². The van der Waals surface area contributed by atoms with E-state index in [1.165, 1.54) is 0 Å². The summed E-state index contributed by atoms with van der Waals surface area (Å²) in [6.07, 6.45) is 8.00. The van der Waals surface area contributed by atoms with Gasteiger partial charge in [0.05, 0.1) is 11.7 Å². The van der Waals surface area contributed by atoms with E-state index in [9.17, 15) is 0 Å². The van der Waals surface area contributed by atoms with Crippen LogP contribution in [0.3, 0.4) is 0 Å². The third-order valence-corrected chi connectivity index (χ3v) is 5.15. The summed E-state index contributed by atoms with van der Waals surface area (Å²) in [5, 5.41) is 9.87. The topological polar surface area (TPSA) is 52.0 Å². The molecule has 136 valence electrons. The molecule has 1 saturated heterocycles. The average Bonchev–Trinajstić information content (AvgIpc) is 3.15. The van der Waals surface area contributed by atoms with Gasteiger partial charge >= 0.3 is 0 Å². The number of hydrogen-bond acceptors (Lipinski definition) is 4. The van der Waals surface area contributed by atoms with Crippen molar-refractivity contribution in [3.63, 3.8) is 0 Å². The van der Waals surface area contributed by atoms with Gasteiger partial charge in [0.2, 0.25) is 0 Å². The van der Waals surface area contributed by atoms with Crippen molar-refractivity contribution in [1.29, 1.82) is 0 Å². The minimum atomic E-state index is 0.0301. The molecule has 0 radical (unpaired) electrons. The van der Waals surface area contributed by atoms with Crippen LogP contribution in [0.15, 0.2) is 42.9 Å². The fourth-order valence-electron chi connectivity index (χ4n) is 3.62. The Labute approximate surface area is 158 Å². The molecular formula is C20H23ClN4O. The number of nitrogens with zero attached hydrogens (tertiary/aromatic N) is 3. The largest absolute Gasteiger partial charge is 0.372 e. The van der Waals surface area contributed by atoms with Crippen molar-refractivity contribution in [3.8, 4) is 0 Å². The number of rotatable bonds is 5. The van der Waals surface area contributed by atoms with Crippen LogP contribution in [0, 0.1) is 0 Å². The molecule has 1 aliphatic rings. The van der Waals surface area contributed by atoms with Gasteiger partial charge in [-0.25, -0.2) is 0 Å². The lowest BCUT2D eigenvalue weighted by molar-refractivity contribution is -0.0112. The second-order valence-electron chi connectivity index (χ2n) is 6.69. The molecule has 1 aliphatic heterocycles. The molecule has 3 heterocycles. The Kier molecular flexibility index (Phi) is 5.20. The second-order valence-corrected chi connectivity index (χ2v) is 7.13. The maximum atomic E-state index is 6.30. The van der Waals surface area contributed by atoms with Crippen LogP contribution in [0.5, 0.6) is 0 Å². The first-order valence-electron chi connectivity index (χ1n) is 9.15. The molecule has 0 amide bonds. The van der Waals surface area contributed by atoms with Crippen LogP contribution in [0.25, 0.3) is 10.9 Å². The molecular weight excluding hydrogens is 348 g/mol. The zero-order chi connectivity index (χ0) is 17.9. The zero-order valence-electron chi connectivity index (χ0n) is 14.9. The highest BCUT2D eigenvalue weighted by Gasteiger charge is 2.28. The summed E-state index contributed by atoms with van der Waals surface area (Å²) >= 11 is 6.30. The summed E-state index contributed by atoms with van der Waals surface area (Å²) in [6, 6.07) is 8.18. The summed E-state index contributed by atoms with van der Waals surface area (Å²) < 4.78 is 8.02. The average molecular weight is 371 g/mol. The SMILES string of the molecule is CCn1cc([C@H]2OCCC[C@@H]2NCc2cc(Cl)cc3cccnc23)cn1. The van der Waals surface area contributed by atoms with Crippen molar-refractivity contribution >= 4 is 22.5 Å². The molecule has 5 nitrogen and oxygen atoms in total. The number of fused-ring (bicyclic) bond motifs is 1. The van der Waals surface area contributed by atoms with Crippen LogP contribution in [-0.4, -0.2) is 27.4 Å². The maximum absolute atomic E-state index is 6.30. The highest BCUT2D eigenvalue weighted by atomic mass is 35.5. The first-order chi connectivity index (χ1) is 12.7. The van der Waals surface area contributed by atoms with Crippen LogP contribution in [0.4, 0.5) is 0 Å². The van der Waals surface area contributed by atoms with E-state index >= 15 is 0 Å². The predicted octanol–water partition coefficient (Wildman–Crippen LogP) is 4.11. The van der Waals surface area contributed by atoms with Gasteiger partial charge < -0.3 is 10.1 Å². The van der Waals surface area contributed by atoms with Crippen molar-refractivity contribution < 1.29 is 4.74 Å². The van der Waals surface area contributed by atoms with Gasteiger partial charge in [-0.15, -0.1) is 0 Å². The fraction of sp³-hybridized carbons (Fsp3) is 0.400. The van der Waals surface area contributed by atoms with E-state index in [1.54, 1.807) is 0 Å². The molecule has 0 bridgehead atoms. The van der Waals surface area contributed by atoms with Crippen LogP contribution in [0.2, 0.25) is 5.02 Å². The quantitative estimate of drug-likeness (QED) is 0.734. The predicted molar refractivity (Wildman–Crippen MR) is 103 cm³/mol. The van der Waals surface area contributed by atoms with E-state index in [-0.39, 0.29) is 12.1 Å². The number of hydrogen-bond donors (Lipinski definition) is 1. The van der Waals surface area contributed by atoms with Crippen LogP contribution in [-0.2, 0) is 17.8 Å². The Bertz CT molecular complexity index is 894. The Morgan fingerprint density at radius 1 is 1.38 bits per heavy atom. The third-order valence-electron chi connectivity index (χ3n) is 4.93. The summed E-state index contributed by atoms with van der Waals surface area (Å²) in [6.45, 7) is 4.46. The second kappa shape index (κ2) is 7.74. The van der Waals surface area contributed by atoms with E-state index < -0.39 is 0 Å². The molecule has 4 rings (SSSR count). The van der Waals surface area contributed by atoms with Crippen molar-refractivity contribution in [3.05, 3.63) is 59.0 Å². The number of pyridine rings is 1. The number of aryl methyl sites for hydroxylation is 1. The maximum Gasteiger partial charge on any atom is 0.101 e. The standard InChI is InChI=1S/C20H23ClN4O/c1-2-25-13-16(12-24-25)20-18(6-4-8-26-20)23-11-15-10-17(21)9-14-5-3-7-22-19(14)15/h3,5,7,9-10,12-13,18,20,23H,2,4,6,8,11H2,1H3/t18-,20+/m0/s1. The number of halogens is 1. The van der Waals surface area contributed by atoms with Gasteiger partial charge in [-0.1, -0.05) is 17.7 Å². The van der Waals surface area contributed by atoms with E-state index in [4.69, 9.17) is 16.3 Å². The Morgan fingerprint density at radius 2 is 2.31 bits per heavy atom. The van der Waals surface area contributed by atoms with E-state index in [2.05, 4.69) is 28.5 Å². The molecule has 1 fully saturated rings. The van der Waals surface area contributed by atoms with Gasteiger partial charge in [0, 0.05) is 54.1 Å². The fourth-order valence-corrected chi connectivity index (χ4v) is 3.87. The zero-order valence-corrected chi connectivity index (χ0v) is 15.6. The summed E-state index contributed by atoms with van der Waals surface area (Å²) in [5.41, 5.74) is 3.25. The number of ether oxygens (including phenoxy) is 1. The number of benzene rings is 1. The molecule has 6 heteroatoms. The van der Waals surface area contributed by atoms with Gasteiger partial charge in [-0.05, 0) is 43.5 Å². The normalized spacial score (nSPS) is 20.5. The summed E-state index contributed by atoms with van der Waals surface area (Å²) in [7, 11) is 0. The van der Waals surface area contributed by atoms with E-state index in [0.717, 1.165) is 53.0 Å². The number of nitrogens with one attached hydrogen (secondary N) is 1. The molecule has 1 N–H and O–H groups in total. The molecule has 0 spiro atoms. The minimum Gasteiger partial charge on any atom is -0.372 e. The molecule has 0 aliphatic carbocycles. The molecule has 26 heavy (non-hydrogen) atoms. The Balaban J connectivity index is 1.54. The lowest BCUT2D eigenvalue weighted by Crippen LogP contribution is -2.39. The van der Waals surface area contributed by atoms with E-state index in [0.29, 0.717) is 6.54 Å². The first-order valence-corrected chi connectivity index (χ1v) is 9.53.